The van der Waals surface area contributed by atoms with Gasteiger partial charge in [0, 0.05) is 53.4 Å². The normalized spacial score (nSPS) is 11.1. The summed E-state index contributed by atoms with van der Waals surface area (Å²) in [5.74, 6) is 0. The molecule has 5 aromatic rings. The summed E-state index contributed by atoms with van der Waals surface area (Å²) >= 11 is 0. The number of nitrogens with one attached hydrogen (secondary N) is 2. The summed E-state index contributed by atoms with van der Waals surface area (Å²) in [7, 11) is 1.92. The van der Waals surface area contributed by atoms with Gasteiger partial charge in [-0.3, -0.25) is 4.68 Å². The molecule has 0 atom stereocenters. The highest BCUT2D eigenvalue weighted by molar-refractivity contribution is 5.95. The highest BCUT2D eigenvalue weighted by Crippen LogP contribution is 2.31. The van der Waals surface area contributed by atoms with Gasteiger partial charge in [-0.05, 0) is 29.3 Å². The molecular formula is C24H21N5. The third kappa shape index (κ3) is 3.38. The summed E-state index contributed by atoms with van der Waals surface area (Å²) in [6, 6.07) is 20.9. The maximum atomic E-state index is 4.62. The van der Waals surface area contributed by atoms with Crippen molar-refractivity contribution in [3.8, 4) is 22.3 Å². The molecule has 0 saturated heterocycles. The molecule has 0 bridgehead atoms. The van der Waals surface area contributed by atoms with E-state index in [0.717, 1.165) is 45.5 Å². The second-order valence-electron chi connectivity index (χ2n) is 7.06. The van der Waals surface area contributed by atoms with E-state index in [2.05, 4.69) is 81.2 Å². The predicted octanol–water partition coefficient (Wildman–Crippen LogP) is 5.18. The zero-order valence-corrected chi connectivity index (χ0v) is 16.1. The van der Waals surface area contributed by atoms with E-state index in [1.807, 2.05) is 36.4 Å². The molecule has 142 valence electrons. The summed E-state index contributed by atoms with van der Waals surface area (Å²) < 4.78 is 1.97. The molecule has 0 aliphatic rings. The van der Waals surface area contributed by atoms with Crippen LogP contribution in [0.2, 0.25) is 0 Å². The van der Waals surface area contributed by atoms with Gasteiger partial charge in [0.2, 0.25) is 0 Å². The summed E-state index contributed by atoms with van der Waals surface area (Å²) in [6.07, 6.45) is 7.93. The van der Waals surface area contributed by atoms with E-state index >= 15 is 0 Å². The number of H-pyrrole nitrogens is 1. The van der Waals surface area contributed by atoms with Crippen molar-refractivity contribution < 1.29 is 0 Å². The predicted molar refractivity (Wildman–Crippen MR) is 118 cm³/mol. The van der Waals surface area contributed by atoms with Gasteiger partial charge in [-0.25, -0.2) is 4.98 Å². The first kappa shape index (κ1) is 17.3. The smallest absolute Gasteiger partial charge is 0.137 e. The molecule has 5 heteroatoms. The standard InChI is InChI=1S/C24H21N5/c1-25-21-9-7-18(8-10-21)19-11-22-23(14-27-24(22)26-12-19)20-13-28-29(16-20)15-17-5-3-2-4-6-17/h2-14,16,25H,15H2,1H3,(H,26,27). The lowest BCUT2D eigenvalue weighted by Crippen LogP contribution is -1.99. The van der Waals surface area contributed by atoms with Crippen molar-refractivity contribution in [3.63, 3.8) is 0 Å². The lowest BCUT2D eigenvalue weighted by Gasteiger charge is -2.05. The van der Waals surface area contributed by atoms with E-state index in [0.29, 0.717) is 0 Å². The van der Waals surface area contributed by atoms with Crippen molar-refractivity contribution in [3.05, 3.63) is 91.0 Å². The number of anilines is 1. The zero-order chi connectivity index (χ0) is 19.6. The molecule has 5 rings (SSSR count). The Kier molecular flexibility index (Phi) is 4.33. The molecule has 5 nitrogen and oxygen atoms in total. The fraction of sp³-hybridized carbons (Fsp3) is 0.0833. The molecule has 0 aliphatic carbocycles. The van der Waals surface area contributed by atoms with Crippen LogP contribution in [0.1, 0.15) is 5.56 Å². The van der Waals surface area contributed by atoms with Gasteiger partial charge in [-0.15, -0.1) is 0 Å². The Labute approximate surface area is 169 Å². The van der Waals surface area contributed by atoms with Crippen LogP contribution < -0.4 is 5.32 Å². The van der Waals surface area contributed by atoms with Crippen LogP contribution in [0.3, 0.4) is 0 Å². The molecule has 0 radical (unpaired) electrons. The van der Waals surface area contributed by atoms with Crippen molar-refractivity contribution in [1.29, 1.82) is 0 Å². The monoisotopic (exact) mass is 379 g/mol. The average Bonchev–Trinajstić information content (AvgIpc) is 3.41. The highest BCUT2D eigenvalue weighted by Gasteiger charge is 2.11. The largest absolute Gasteiger partial charge is 0.388 e. The summed E-state index contributed by atoms with van der Waals surface area (Å²) in [4.78, 5) is 7.91. The Hall–Kier alpha value is -3.86. The maximum Gasteiger partial charge on any atom is 0.137 e. The fourth-order valence-corrected chi connectivity index (χ4v) is 3.59. The Balaban J connectivity index is 1.49. The number of pyridine rings is 1. The summed E-state index contributed by atoms with van der Waals surface area (Å²) in [5, 5.41) is 8.80. The van der Waals surface area contributed by atoms with E-state index in [1.165, 1.54) is 5.56 Å². The van der Waals surface area contributed by atoms with Gasteiger partial charge in [-0.1, -0.05) is 42.5 Å². The molecule has 0 unspecified atom stereocenters. The molecule has 0 saturated carbocycles. The number of hydrogen-bond donors (Lipinski definition) is 2. The minimum Gasteiger partial charge on any atom is -0.388 e. The zero-order valence-electron chi connectivity index (χ0n) is 16.1. The Morgan fingerprint density at radius 2 is 1.76 bits per heavy atom. The summed E-state index contributed by atoms with van der Waals surface area (Å²) in [6.45, 7) is 0.754. The average molecular weight is 379 g/mol. The molecule has 0 spiro atoms. The molecule has 0 fully saturated rings. The number of benzene rings is 2. The maximum absolute atomic E-state index is 4.62. The number of aromatic nitrogens is 4. The SMILES string of the molecule is CNc1ccc(-c2cnc3[nH]cc(-c4cnn(Cc5ccccc5)c4)c3c2)cc1. The second kappa shape index (κ2) is 7.28. The van der Waals surface area contributed by atoms with E-state index in [-0.39, 0.29) is 0 Å². The fourth-order valence-electron chi connectivity index (χ4n) is 3.59. The van der Waals surface area contributed by atoms with Gasteiger partial charge in [-0.2, -0.15) is 5.10 Å². The first-order valence-electron chi connectivity index (χ1n) is 9.62. The number of nitrogens with zero attached hydrogens (tertiary/aromatic N) is 3. The molecule has 2 N–H and O–H groups in total. The Morgan fingerprint density at radius 1 is 0.931 bits per heavy atom. The molecule has 0 aliphatic heterocycles. The van der Waals surface area contributed by atoms with Gasteiger partial charge in [0.05, 0.1) is 12.7 Å². The number of aromatic amines is 1. The molecule has 29 heavy (non-hydrogen) atoms. The van der Waals surface area contributed by atoms with Crippen LogP contribution >= 0.6 is 0 Å². The molecule has 2 aromatic carbocycles. The first-order valence-corrected chi connectivity index (χ1v) is 9.62. The van der Waals surface area contributed by atoms with E-state index in [4.69, 9.17) is 0 Å². The van der Waals surface area contributed by atoms with Crippen LogP contribution in [0.5, 0.6) is 0 Å². The van der Waals surface area contributed by atoms with E-state index in [9.17, 15) is 0 Å². The van der Waals surface area contributed by atoms with Gasteiger partial charge >= 0.3 is 0 Å². The van der Waals surface area contributed by atoms with Gasteiger partial charge in [0.25, 0.3) is 0 Å². The van der Waals surface area contributed by atoms with E-state index in [1.54, 1.807) is 0 Å². The molecule has 3 heterocycles. The van der Waals surface area contributed by atoms with Crippen LogP contribution in [0.25, 0.3) is 33.3 Å². The van der Waals surface area contributed by atoms with Crippen LogP contribution in [0, 0.1) is 0 Å². The van der Waals surface area contributed by atoms with Crippen molar-refractivity contribution in [2.45, 2.75) is 6.54 Å². The van der Waals surface area contributed by atoms with Crippen LogP contribution in [-0.4, -0.2) is 26.8 Å². The number of rotatable bonds is 5. The van der Waals surface area contributed by atoms with Crippen LogP contribution in [0.4, 0.5) is 5.69 Å². The molecular weight excluding hydrogens is 358 g/mol. The van der Waals surface area contributed by atoms with Gasteiger partial charge in [0.15, 0.2) is 0 Å². The molecule has 3 aromatic heterocycles. The van der Waals surface area contributed by atoms with Crippen LogP contribution in [-0.2, 0) is 6.54 Å². The van der Waals surface area contributed by atoms with E-state index < -0.39 is 0 Å². The number of hydrogen-bond acceptors (Lipinski definition) is 3. The molecule has 0 amide bonds. The summed E-state index contributed by atoms with van der Waals surface area (Å²) in [5.41, 5.74) is 7.64. The minimum atomic E-state index is 0.754. The topological polar surface area (TPSA) is 58.5 Å². The van der Waals surface area contributed by atoms with Gasteiger partial charge in [0.1, 0.15) is 5.65 Å². The van der Waals surface area contributed by atoms with Crippen molar-refractivity contribution in [1.82, 2.24) is 19.7 Å². The van der Waals surface area contributed by atoms with Gasteiger partial charge < -0.3 is 10.3 Å². The first-order chi connectivity index (χ1) is 14.3. The van der Waals surface area contributed by atoms with Crippen molar-refractivity contribution in [2.24, 2.45) is 0 Å². The third-order valence-corrected chi connectivity index (χ3v) is 5.17. The lowest BCUT2D eigenvalue weighted by atomic mass is 10.0. The number of fused-ring (bicyclic) bond motifs is 1. The van der Waals surface area contributed by atoms with Crippen LogP contribution in [0.15, 0.2) is 85.5 Å². The van der Waals surface area contributed by atoms with Crippen molar-refractivity contribution >= 4 is 16.7 Å². The minimum absolute atomic E-state index is 0.754. The Bertz CT molecular complexity index is 1250. The quantitative estimate of drug-likeness (QED) is 0.442. The highest BCUT2D eigenvalue weighted by atomic mass is 15.3. The Morgan fingerprint density at radius 3 is 2.55 bits per heavy atom. The third-order valence-electron chi connectivity index (χ3n) is 5.17. The second-order valence-corrected chi connectivity index (χ2v) is 7.06. The lowest BCUT2D eigenvalue weighted by molar-refractivity contribution is 0.687. The van der Waals surface area contributed by atoms with Crippen molar-refractivity contribution in [2.75, 3.05) is 12.4 Å².